The molecule has 4 nitrogen and oxygen atoms in total. The third-order valence-electron chi connectivity index (χ3n) is 3.42. The summed E-state index contributed by atoms with van der Waals surface area (Å²) < 4.78 is 0. The average molecular weight is 271 g/mol. The zero-order chi connectivity index (χ0) is 14.4. The lowest BCUT2D eigenvalue weighted by Gasteiger charge is -2.19. The Morgan fingerprint density at radius 3 is 2.55 bits per heavy atom. The number of aromatic nitrogens is 2. The normalized spacial score (nSPS) is 12.2. The van der Waals surface area contributed by atoms with E-state index < -0.39 is 6.10 Å². The van der Waals surface area contributed by atoms with Crippen molar-refractivity contribution in [3.8, 4) is 0 Å². The summed E-state index contributed by atoms with van der Waals surface area (Å²) in [6.45, 7) is 2.86. The predicted octanol–water partition coefficient (Wildman–Crippen LogP) is 2.60. The van der Waals surface area contributed by atoms with Gasteiger partial charge in [-0.3, -0.25) is 9.97 Å². The Hall–Kier alpha value is -1.94. The van der Waals surface area contributed by atoms with E-state index in [1.54, 1.807) is 0 Å². The number of rotatable bonds is 6. The van der Waals surface area contributed by atoms with Gasteiger partial charge in [-0.2, -0.15) is 0 Å². The van der Waals surface area contributed by atoms with Gasteiger partial charge in [0.25, 0.3) is 0 Å². The van der Waals surface area contributed by atoms with E-state index in [0.29, 0.717) is 6.42 Å². The predicted molar refractivity (Wildman–Crippen MR) is 80.7 cm³/mol. The van der Waals surface area contributed by atoms with Crippen LogP contribution in [-0.2, 0) is 6.42 Å². The lowest BCUT2D eigenvalue weighted by Crippen LogP contribution is -2.20. The molecule has 2 aromatic heterocycles. The molecular weight excluding hydrogens is 250 g/mol. The summed E-state index contributed by atoms with van der Waals surface area (Å²) in [7, 11) is 2.05. The topological polar surface area (TPSA) is 49.2 Å². The van der Waals surface area contributed by atoms with E-state index in [1.807, 2.05) is 56.8 Å². The molecule has 4 heteroatoms. The Bertz CT molecular complexity index is 513. The van der Waals surface area contributed by atoms with Crippen molar-refractivity contribution < 1.29 is 5.11 Å². The van der Waals surface area contributed by atoms with Crippen LogP contribution in [0.5, 0.6) is 0 Å². The summed E-state index contributed by atoms with van der Waals surface area (Å²) in [4.78, 5) is 10.5. The standard InChI is InChI=1S/C16H21N3O/c1-3-16(20)15-5-4-14(12-18-15)19(2)11-8-13-6-9-17-10-7-13/h4-7,9-10,12,16,20H,3,8,11H2,1-2H3/t16-/m0/s1. The van der Waals surface area contributed by atoms with Crippen molar-refractivity contribution in [2.45, 2.75) is 25.9 Å². The molecule has 2 aromatic rings. The molecule has 0 amide bonds. The molecule has 0 aromatic carbocycles. The van der Waals surface area contributed by atoms with E-state index in [2.05, 4.69) is 14.9 Å². The smallest absolute Gasteiger partial charge is 0.0957 e. The lowest BCUT2D eigenvalue weighted by molar-refractivity contribution is 0.169. The maximum absolute atomic E-state index is 9.73. The van der Waals surface area contributed by atoms with Gasteiger partial charge in [-0.1, -0.05) is 6.92 Å². The number of hydrogen-bond acceptors (Lipinski definition) is 4. The van der Waals surface area contributed by atoms with Crippen LogP contribution in [0.15, 0.2) is 42.9 Å². The molecule has 0 bridgehead atoms. The van der Waals surface area contributed by atoms with Gasteiger partial charge in [-0.05, 0) is 42.7 Å². The third-order valence-corrected chi connectivity index (χ3v) is 3.42. The monoisotopic (exact) mass is 271 g/mol. The van der Waals surface area contributed by atoms with Gasteiger partial charge in [0.2, 0.25) is 0 Å². The molecule has 0 spiro atoms. The van der Waals surface area contributed by atoms with Crippen LogP contribution >= 0.6 is 0 Å². The maximum Gasteiger partial charge on any atom is 0.0957 e. The first-order valence-corrected chi connectivity index (χ1v) is 6.94. The van der Waals surface area contributed by atoms with Gasteiger partial charge < -0.3 is 10.0 Å². The Morgan fingerprint density at radius 2 is 1.95 bits per heavy atom. The second-order valence-corrected chi connectivity index (χ2v) is 4.89. The van der Waals surface area contributed by atoms with E-state index in [1.165, 1.54) is 5.56 Å². The highest BCUT2D eigenvalue weighted by molar-refractivity contribution is 5.44. The van der Waals surface area contributed by atoms with Crippen LogP contribution in [0.25, 0.3) is 0 Å². The zero-order valence-corrected chi connectivity index (χ0v) is 12.0. The number of anilines is 1. The summed E-state index contributed by atoms with van der Waals surface area (Å²) in [6, 6.07) is 7.97. The molecule has 106 valence electrons. The Balaban J connectivity index is 1.94. The lowest BCUT2D eigenvalue weighted by atomic mass is 10.1. The molecule has 20 heavy (non-hydrogen) atoms. The summed E-state index contributed by atoms with van der Waals surface area (Å²) >= 11 is 0. The van der Waals surface area contributed by atoms with Gasteiger partial charge in [0.05, 0.1) is 23.7 Å². The van der Waals surface area contributed by atoms with Crippen LogP contribution in [0.3, 0.4) is 0 Å². The van der Waals surface area contributed by atoms with Gasteiger partial charge in [-0.25, -0.2) is 0 Å². The first-order chi connectivity index (χ1) is 9.70. The van der Waals surface area contributed by atoms with E-state index in [-0.39, 0.29) is 0 Å². The van der Waals surface area contributed by atoms with E-state index >= 15 is 0 Å². The van der Waals surface area contributed by atoms with Gasteiger partial charge in [0.15, 0.2) is 0 Å². The molecule has 1 atom stereocenters. The van der Waals surface area contributed by atoms with Crippen molar-refractivity contribution in [3.63, 3.8) is 0 Å². The highest BCUT2D eigenvalue weighted by atomic mass is 16.3. The second-order valence-electron chi connectivity index (χ2n) is 4.89. The van der Waals surface area contributed by atoms with Gasteiger partial charge in [0, 0.05) is 26.0 Å². The van der Waals surface area contributed by atoms with Crippen LogP contribution in [0, 0.1) is 0 Å². The maximum atomic E-state index is 9.73. The fourth-order valence-electron chi connectivity index (χ4n) is 2.00. The summed E-state index contributed by atoms with van der Waals surface area (Å²) in [5.74, 6) is 0. The largest absolute Gasteiger partial charge is 0.387 e. The van der Waals surface area contributed by atoms with Crippen molar-refractivity contribution in [3.05, 3.63) is 54.1 Å². The SMILES string of the molecule is CC[C@H](O)c1ccc(N(C)CCc2ccncc2)cn1. The van der Waals surface area contributed by atoms with Crippen molar-refractivity contribution in [1.29, 1.82) is 0 Å². The molecule has 0 radical (unpaired) electrons. The third kappa shape index (κ3) is 3.78. The molecule has 1 N–H and O–H groups in total. The molecule has 0 unspecified atom stereocenters. The first kappa shape index (κ1) is 14.5. The molecule has 0 aliphatic carbocycles. The number of pyridine rings is 2. The van der Waals surface area contributed by atoms with E-state index in [0.717, 1.165) is 24.3 Å². The van der Waals surface area contributed by atoms with Crippen LogP contribution in [0.2, 0.25) is 0 Å². The van der Waals surface area contributed by atoms with Crippen LogP contribution in [0.4, 0.5) is 5.69 Å². The minimum absolute atomic E-state index is 0.467. The minimum Gasteiger partial charge on any atom is -0.387 e. The molecular formula is C16H21N3O. The molecule has 0 aliphatic rings. The molecule has 2 rings (SSSR count). The fraction of sp³-hybridized carbons (Fsp3) is 0.375. The molecule has 2 heterocycles. The highest BCUT2D eigenvalue weighted by Gasteiger charge is 2.07. The van der Waals surface area contributed by atoms with E-state index in [4.69, 9.17) is 0 Å². The minimum atomic E-state index is -0.467. The number of aliphatic hydroxyl groups is 1. The first-order valence-electron chi connectivity index (χ1n) is 6.94. The Labute approximate surface area is 120 Å². The van der Waals surface area contributed by atoms with Gasteiger partial charge in [0.1, 0.15) is 0 Å². The quantitative estimate of drug-likeness (QED) is 0.877. The number of likely N-dealkylation sites (N-methyl/N-ethyl adjacent to an activating group) is 1. The van der Waals surface area contributed by atoms with Crippen LogP contribution in [0.1, 0.15) is 30.7 Å². The van der Waals surface area contributed by atoms with Gasteiger partial charge >= 0.3 is 0 Å². The fourth-order valence-corrected chi connectivity index (χ4v) is 2.00. The zero-order valence-electron chi connectivity index (χ0n) is 12.0. The van der Waals surface area contributed by atoms with Crippen LogP contribution in [-0.4, -0.2) is 28.7 Å². The van der Waals surface area contributed by atoms with Gasteiger partial charge in [-0.15, -0.1) is 0 Å². The number of hydrogen-bond donors (Lipinski definition) is 1. The summed E-state index contributed by atoms with van der Waals surface area (Å²) in [6.07, 6.45) is 6.64. The average Bonchev–Trinajstić information content (AvgIpc) is 2.53. The summed E-state index contributed by atoms with van der Waals surface area (Å²) in [5, 5.41) is 9.73. The van der Waals surface area contributed by atoms with Crippen LogP contribution < -0.4 is 4.90 Å². The highest BCUT2D eigenvalue weighted by Crippen LogP contribution is 2.17. The molecule has 0 saturated carbocycles. The number of aliphatic hydroxyl groups excluding tert-OH is 1. The van der Waals surface area contributed by atoms with Crippen molar-refractivity contribution in [2.75, 3.05) is 18.5 Å². The number of nitrogens with zero attached hydrogens (tertiary/aromatic N) is 3. The summed E-state index contributed by atoms with van der Waals surface area (Å²) in [5.41, 5.74) is 3.07. The molecule has 0 aliphatic heterocycles. The molecule has 0 saturated heterocycles. The van der Waals surface area contributed by atoms with E-state index in [9.17, 15) is 5.11 Å². The van der Waals surface area contributed by atoms with Crippen molar-refractivity contribution >= 4 is 5.69 Å². The van der Waals surface area contributed by atoms with Crippen molar-refractivity contribution in [1.82, 2.24) is 9.97 Å². The second kappa shape index (κ2) is 7.01. The molecule has 0 fully saturated rings. The van der Waals surface area contributed by atoms with Crippen molar-refractivity contribution in [2.24, 2.45) is 0 Å². The Morgan fingerprint density at radius 1 is 1.20 bits per heavy atom. The Kier molecular flexibility index (Phi) is 5.07.